The molecule has 0 aromatic carbocycles. The molecule has 0 radical (unpaired) electrons. The van der Waals surface area contributed by atoms with E-state index in [0.29, 0.717) is 38.3 Å². The van der Waals surface area contributed by atoms with Gasteiger partial charge in [0.1, 0.15) is 0 Å². The van der Waals surface area contributed by atoms with E-state index in [4.69, 9.17) is 10.9 Å². The van der Waals surface area contributed by atoms with Crippen LogP contribution in [0.4, 0.5) is 0 Å². The van der Waals surface area contributed by atoms with E-state index in [1.807, 2.05) is 4.90 Å². The maximum absolute atomic E-state index is 12.1. The number of amidine groups is 1. The van der Waals surface area contributed by atoms with Crippen molar-refractivity contribution in [3.63, 3.8) is 0 Å². The van der Waals surface area contributed by atoms with E-state index < -0.39 is 0 Å². The summed E-state index contributed by atoms with van der Waals surface area (Å²) in [5.41, 5.74) is 5.99. The number of carbonyl (C=O) groups is 1. The Hall–Kier alpha value is -2.22. The molecular weight excluding hydrogens is 248 g/mol. The van der Waals surface area contributed by atoms with Gasteiger partial charge >= 0.3 is 0 Å². The number of hydrogen-bond acceptors (Lipinski definition) is 6. The van der Waals surface area contributed by atoms with Crippen molar-refractivity contribution in [2.45, 2.75) is 0 Å². The fraction of sp³-hybridized carbons (Fsp3) is 0.455. The Morgan fingerprint density at radius 3 is 2.68 bits per heavy atom. The van der Waals surface area contributed by atoms with Crippen LogP contribution < -0.4 is 5.73 Å². The van der Waals surface area contributed by atoms with Crippen molar-refractivity contribution in [2.75, 3.05) is 32.7 Å². The van der Waals surface area contributed by atoms with Gasteiger partial charge in [-0.2, -0.15) is 10.2 Å². The Bertz CT molecular complexity index is 456. The van der Waals surface area contributed by atoms with Crippen LogP contribution in [0, 0.1) is 0 Å². The number of nitrogens with zero attached hydrogens (tertiary/aromatic N) is 5. The molecule has 2 rings (SSSR count). The number of amides is 1. The van der Waals surface area contributed by atoms with E-state index in [1.54, 1.807) is 11.0 Å². The fourth-order valence-electron chi connectivity index (χ4n) is 1.97. The summed E-state index contributed by atoms with van der Waals surface area (Å²) in [5, 5.41) is 18.8. The van der Waals surface area contributed by atoms with Gasteiger partial charge in [-0.05, 0) is 6.07 Å². The molecule has 0 saturated carbocycles. The maximum atomic E-state index is 12.1. The highest BCUT2D eigenvalue weighted by molar-refractivity contribution is 5.93. The van der Waals surface area contributed by atoms with Crippen molar-refractivity contribution >= 4 is 11.7 Å². The van der Waals surface area contributed by atoms with Crippen molar-refractivity contribution in [3.8, 4) is 0 Å². The average Bonchev–Trinajstić information content (AvgIpc) is 2.48. The first-order chi connectivity index (χ1) is 9.20. The lowest BCUT2D eigenvalue weighted by Crippen LogP contribution is -2.50. The van der Waals surface area contributed by atoms with Crippen LogP contribution >= 0.6 is 0 Å². The van der Waals surface area contributed by atoms with Gasteiger partial charge in [-0.1, -0.05) is 5.16 Å². The second-order valence-corrected chi connectivity index (χ2v) is 4.29. The van der Waals surface area contributed by atoms with Gasteiger partial charge in [0, 0.05) is 26.2 Å². The Kier molecular flexibility index (Phi) is 4.24. The van der Waals surface area contributed by atoms with E-state index >= 15 is 0 Å². The Morgan fingerprint density at radius 2 is 2.11 bits per heavy atom. The molecule has 0 bridgehead atoms. The Morgan fingerprint density at radius 1 is 1.37 bits per heavy atom. The highest BCUT2D eigenvalue weighted by Crippen LogP contribution is 2.07. The summed E-state index contributed by atoms with van der Waals surface area (Å²) in [7, 11) is 0. The van der Waals surface area contributed by atoms with Gasteiger partial charge in [0.25, 0.3) is 5.91 Å². The fourth-order valence-corrected chi connectivity index (χ4v) is 1.97. The van der Waals surface area contributed by atoms with Crippen LogP contribution in [0.15, 0.2) is 23.6 Å². The number of carbonyl (C=O) groups excluding carboxylic acids is 1. The van der Waals surface area contributed by atoms with Crippen molar-refractivity contribution in [2.24, 2.45) is 10.9 Å². The Balaban J connectivity index is 1.88. The summed E-state index contributed by atoms with van der Waals surface area (Å²) in [5.74, 6) is 0.136. The van der Waals surface area contributed by atoms with E-state index in [9.17, 15) is 4.79 Å². The minimum atomic E-state index is -0.0432. The van der Waals surface area contributed by atoms with Gasteiger partial charge in [-0.3, -0.25) is 9.69 Å². The topological polar surface area (TPSA) is 108 Å². The molecule has 1 aliphatic heterocycles. The van der Waals surface area contributed by atoms with Gasteiger partial charge in [-0.25, -0.2) is 0 Å². The summed E-state index contributed by atoms with van der Waals surface area (Å²) in [6.07, 6.45) is 2.97. The van der Waals surface area contributed by atoms with E-state index in [1.165, 1.54) is 12.4 Å². The minimum Gasteiger partial charge on any atom is -0.409 e. The zero-order chi connectivity index (χ0) is 13.7. The molecule has 1 aromatic rings. The normalized spacial score (nSPS) is 17.5. The number of rotatable bonds is 3. The average molecular weight is 264 g/mol. The van der Waals surface area contributed by atoms with Crippen molar-refractivity contribution in [3.05, 3.63) is 24.0 Å². The highest BCUT2D eigenvalue weighted by atomic mass is 16.4. The van der Waals surface area contributed by atoms with Crippen molar-refractivity contribution in [1.82, 2.24) is 20.0 Å². The molecule has 0 unspecified atom stereocenters. The predicted molar refractivity (Wildman–Crippen MR) is 67.8 cm³/mol. The van der Waals surface area contributed by atoms with Crippen LogP contribution in [0.1, 0.15) is 10.4 Å². The maximum Gasteiger partial charge on any atom is 0.255 e. The molecule has 1 aliphatic rings. The third-order valence-corrected chi connectivity index (χ3v) is 3.00. The molecule has 0 spiro atoms. The second kappa shape index (κ2) is 6.10. The molecule has 1 amide bonds. The predicted octanol–water partition coefficient (Wildman–Crippen LogP) is -1.02. The summed E-state index contributed by atoms with van der Waals surface area (Å²) >= 11 is 0. The van der Waals surface area contributed by atoms with Crippen LogP contribution in [0.25, 0.3) is 0 Å². The van der Waals surface area contributed by atoms with Gasteiger partial charge < -0.3 is 15.8 Å². The molecule has 0 aliphatic carbocycles. The van der Waals surface area contributed by atoms with Crippen LogP contribution in [0.2, 0.25) is 0 Å². The number of hydrogen-bond donors (Lipinski definition) is 2. The monoisotopic (exact) mass is 264 g/mol. The molecular formula is C11H16N6O2. The molecule has 1 saturated heterocycles. The molecule has 0 atom stereocenters. The molecule has 1 fully saturated rings. The van der Waals surface area contributed by atoms with Crippen LogP contribution in [0.5, 0.6) is 0 Å². The lowest BCUT2D eigenvalue weighted by molar-refractivity contribution is 0.0652. The summed E-state index contributed by atoms with van der Waals surface area (Å²) in [6, 6.07) is 1.65. The van der Waals surface area contributed by atoms with E-state index in [0.717, 1.165) is 0 Å². The minimum absolute atomic E-state index is 0.0432. The zero-order valence-corrected chi connectivity index (χ0v) is 10.4. The zero-order valence-electron chi connectivity index (χ0n) is 10.4. The number of piperazine rings is 1. The number of aromatic nitrogens is 2. The van der Waals surface area contributed by atoms with Crippen molar-refractivity contribution < 1.29 is 10.0 Å². The molecule has 2 heterocycles. The SMILES string of the molecule is N/C(CN1CCN(C(=O)c2ccnnc2)CC1)=N/O. The third kappa shape index (κ3) is 3.38. The number of oxime groups is 1. The molecule has 19 heavy (non-hydrogen) atoms. The summed E-state index contributed by atoms with van der Waals surface area (Å²) in [4.78, 5) is 15.9. The summed E-state index contributed by atoms with van der Waals surface area (Å²) in [6.45, 7) is 3.02. The third-order valence-electron chi connectivity index (χ3n) is 3.00. The molecule has 102 valence electrons. The lowest BCUT2D eigenvalue weighted by Gasteiger charge is -2.34. The molecule has 8 heteroatoms. The molecule has 3 N–H and O–H groups in total. The lowest BCUT2D eigenvalue weighted by atomic mass is 10.2. The first-order valence-electron chi connectivity index (χ1n) is 5.95. The van der Waals surface area contributed by atoms with E-state index in [-0.39, 0.29) is 11.7 Å². The van der Waals surface area contributed by atoms with E-state index in [2.05, 4.69) is 15.4 Å². The molecule has 1 aromatic heterocycles. The first-order valence-corrected chi connectivity index (χ1v) is 5.95. The van der Waals surface area contributed by atoms with Gasteiger partial charge in [-0.15, -0.1) is 0 Å². The van der Waals surface area contributed by atoms with Crippen LogP contribution in [-0.2, 0) is 0 Å². The molecule has 8 nitrogen and oxygen atoms in total. The largest absolute Gasteiger partial charge is 0.409 e. The van der Waals surface area contributed by atoms with Gasteiger partial charge in [0.2, 0.25) is 0 Å². The summed E-state index contributed by atoms with van der Waals surface area (Å²) < 4.78 is 0. The first kappa shape index (κ1) is 13.2. The highest BCUT2D eigenvalue weighted by Gasteiger charge is 2.22. The van der Waals surface area contributed by atoms with Crippen LogP contribution in [0.3, 0.4) is 0 Å². The van der Waals surface area contributed by atoms with Crippen molar-refractivity contribution in [1.29, 1.82) is 0 Å². The van der Waals surface area contributed by atoms with Gasteiger partial charge in [0.15, 0.2) is 5.84 Å². The quantitative estimate of drug-likeness (QED) is 0.313. The smallest absolute Gasteiger partial charge is 0.255 e. The standard InChI is InChI=1S/C11H16N6O2/c12-10(15-19)8-16-3-5-17(6-4-16)11(18)9-1-2-13-14-7-9/h1-2,7,19H,3-6,8H2,(H2,12,15). The number of nitrogens with two attached hydrogens (primary N) is 1. The van der Waals surface area contributed by atoms with Crippen LogP contribution in [-0.4, -0.2) is 69.7 Å². The Labute approximate surface area is 110 Å². The second-order valence-electron chi connectivity index (χ2n) is 4.29. The van der Waals surface area contributed by atoms with Gasteiger partial charge in [0.05, 0.1) is 24.5 Å².